The molecule has 0 saturated carbocycles. The van der Waals surface area contributed by atoms with Gasteiger partial charge in [0, 0.05) is 0 Å². The Morgan fingerprint density at radius 1 is 1.80 bits per heavy atom. The molecule has 0 aromatic rings. The second kappa shape index (κ2) is 8.05. The Morgan fingerprint density at radius 2 is 2.30 bits per heavy atom. The molecule has 3 nitrogen and oxygen atoms in total. The predicted molar refractivity (Wildman–Crippen MR) is 34.0 cm³/mol. The molecule has 0 aromatic heterocycles. The minimum atomic E-state index is -1.14. The minimum Gasteiger partial charge on any atom is 1.00 e. The molecule has 0 fully saturated rings. The number of carbonyl (C=O) groups excluding carboxylic acids is 1. The van der Waals surface area contributed by atoms with Crippen LogP contribution < -0.4 is 40.4 Å². The van der Waals surface area contributed by atoms with Gasteiger partial charge in [-0.05, 0) is 0 Å². The van der Waals surface area contributed by atoms with E-state index in [9.17, 15) is 9.90 Å². The first-order valence-corrected chi connectivity index (χ1v) is 5.56. The van der Waals surface area contributed by atoms with Crippen molar-refractivity contribution in [1.82, 2.24) is 0 Å². The standard InChI is InChI=1S/C5H11NO2Se.Na/c1-9-3-2-4(6)5(7)8;/h4H,2-3,6H2,1H3,(H,7,8);/q;+1/p-1/t4-;/m0./s1. The maximum Gasteiger partial charge on any atom is 1.00 e. The van der Waals surface area contributed by atoms with Crippen LogP contribution in [-0.4, -0.2) is 27.0 Å². The monoisotopic (exact) mass is 219 g/mol. The second-order valence-electron chi connectivity index (χ2n) is 1.71. The van der Waals surface area contributed by atoms with Crippen LogP contribution in [0.5, 0.6) is 0 Å². The summed E-state index contributed by atoms with van der Waals surface area (Å²) in [4.78, 5) is 9.98. The van der Waals surface area contributed by atoms with Gasteiger partial charge < -0.3 is 0 Å². The smallest absolute Gasteiger partial charge is 1.00 e. The van der Waals surface area contributed by atoms with E-state index >= 15 is 0 Å². The fraction of sp³-hybridized carbons (Fsp3) is 0.800. The molecule has 0 rings (SSSR count). The summed E-state index contributed by atoms with van der Waals surface area (Å²) in [6.45, 7) is 0. The fourth-order valence-corrected chi connectivity index (χ4v) is 1.39. The Morgan fingerprint density at radius 3 is 2.60 bits per heavy atom. The topological polar surface area (TPSA) is 66.2 Å². The largest absolute Gasteiger partial charge is 1.00 e. The van der Waals surface area contributed by atoms with Crippen molar-refractivity contribution in [3.8, 4) is 0 Å². The molecule has 0 aromatic carbocycles. The van der Waals surface area contributed by atoms with E-state index < -0.39 is 12.0 Å². The molecule has 0 aliphatic rings. The maximum absolute atomic E-state index is 9.98. The van der Waals surface area contributed by atoms with Crippen LogP contribution in [0.15, 0.2) is 0 Å². The molecule has 10 heavy (non-hydrogen) atoms. The van der Waals surface area contributed by atoms with Crippen molar-refractivity contribution in [2.24, 2.45) is 5.73 Å². The van der Waals surface area contributed by atoms with Crippen LogP contribution in [0.1, 0.15) is 6.42 Å². The van der Waals surface area contributed by atoms with Gasteiger partial charge in [-0.25, -0.2) is 0 Å². The van der Waals surface area contributed by atoms with E-state index in [1.54, 1.807) is 0 Å². The number of hydrogen-bond acceptors (Lipinski definition) is 3. The zero-order valence-electron chi connectivity index (χ0n) is 6.29. The van der Waals surface area contributed by atoms with E-state index in [1.807, 2.05) is 0 Å². The van der Waals surface area contributed by atoms with Crippen molar-refractivity contribution < 1.29 is 39.5 Å². The van der Waals surface area contributed by atoms with Gasteiger partial charge in [0.15, 0.2) is 0 Å². The predicted octanol–water partition coefficient (Wildman–Crippen LogP) is -4.37. The molecular formula is C5H10NNaO2Se. The first-order chi connectivity index (χ1) is 4.18. The van der Waals surface area contributed by atoms with Gasteiger partial charge in [0.05, 0.1) is 0 Å². The number of carboxylic acid groups (broad SMARTS) is 1. The van der Waals surface area contributed by atoms with E-state index in [1.165, 1.54) is 0 Å². The van der Waals surface area contributed by atoms with Crippen LogP contribution in [0, 0.1) is 0 Å². The third kappa shape index (κ3) is 7.06. The molecule has 1 atom stereocenters. The average molecular weight is 218 g/mol. The van der Waals surface area contributed by atoms with Crippen LogP contribution in [0.3, 0.4) is 0 Å². The van der Waals surface area contributed by atoms with E-state index in [-0.39, 0.29) is 29.6 Å². The quantitative estimate of drug-likeness (QED) is 0.485. The van der Waals surface area contributed by atoms with Crippen LogP contribution in [0.25, 0.3) is 0 Å². The van der Waals surface area contributed by atoms with Gasteiger partial charge in [-0.2, -0.15) is 0 Å². The zero-order chi connectivity index (χ0) is 7.28. The van der Waals surface area contributed by atoms with Gasteiger partial charge in [-0.3, -0.25) is 0 Å². The molecule has 0 aliphatic carbocycles. The summed E-state index contributed by atoms with van der Waals surface area (Å²) >= 11 is 0.521. The number of aliphatic carboxylic acids is 1. The van der Waals surface area contributed by atoms with Gasteiger partial charge >= 0.3 is 89.7 Å². The molecule has 0 saturated heterocycles. The summed E-state index contributed by atoms with van der Waals surface area (Å²) in [6.07, 6.45) is 0.554. The van der Waals surface area contributed by atoms with Crippen LogP contribution in [0.2, 0.25) is 11.1 Å². The summed E-state index contributed by atoms with van der Waals surface area (Å²) in [5.41, 5.74) is 5.15. The Bertz CT molecular complexity index is 102. The Hall–Kier alpha value is 0.949. The molecule has 0 spiro atoms. The number of rotatable bonds is 4. The normalized spacial score (nSPS) is 11.8. The molecule has 0 heterocycles. The Labute approximate surface area is 89.2 Å². The number of carbonyl (C=O) groups is 1. The molecule has 0 aliphatic heterocycles. The molecule has 0 bridgehead atoms. The van der Waals surface area contributed by atoms with Gasteiger partial charge in [0.25, 0.3) is 0 Å². The van der Waals surface area contributed by atoms with Crippen LogP contribution >= 0.6 is 0 Å². The molecule has 2 N–H and O–H groups in total. The minimum absolute atomic E-state index is 0. The summed E-state index contributed by atoms with van der Waals surface area (Å²) in [7, 11) is 0. The third-order valence-corrected chi connectivity index (χ3v) is 2.29. The first-order valence-electron chi connectivity index (χ1n) is 2.64. The van der Waals surface area contributed by atoms with Crippen molar-refractivity contribution >= 4 is 20.9 Å². The van der Waals surface area contributed by atoms with Crippen LogP contribution in [0.4, 0.5) is 0 Å². The third-order valence-electron chi connectivity index (χ3n) is 0.936. The average Bonchev–Trinajstić information content (AvgIpc) is 1.82. The number of nitrogens with two attached hydrogens (primary N) is 1. The van der Waals surface area contributed by atoms with Crippen molar-refractivity contribution in [3.63, 3.8) is 0 Å². The summed E-state index contributed by atoms with van der Waals surface area (Å²) < 4.78 is 0. The molecule has 0 radical (unpaired) electrons. The van der Waals surface area contributed by atoms with Gasteiger partial charge in [0.1, 0.15) is 0 Å². The van der Waals surface area contributed by atoms with E-state index in [0.717, 1.165) is 5.32 Å². The summed E-state index contributed by atoms with van der Waals surface area (Å²) in [5.74, 6) is 0.911. The fourth-order valence-electron chi connectivity index (χ4n) is 0.363. The van der Waals surface area contributed by atoms with Crippen molar-refractivity contribution in [2.75, 3.05) is 0 Å². The first kappa shape index (κ1) is 13.5. The molecular weight excluding hydrogens is 208 g/mol. The maximum atomic E-state index is 9.98. The van der Waals surface area contributed by atoms with E-state index in [4.69, 9.17) is 5.73 Å². The van der Waals surface area contributed by atoms with Gasteiger partial charge in [-0.15, -0.1) is 0 Å². The van der Waals surface area contributed by atoms with Crippen molar-refractivity contribution in [3.05, 3.63) is 0 Å². The van der Waals surface area contributed by atoms with Crippen molar-refractivity contribution in [1.29, 1.82) is 0 Å². The van der Waals surface area contributed by atoms with Gasteiger partial charge in [0.2, 0.25) is 0 Å². The summed E-state index contributed by atoms with van der Waals surface area (Å²) in [6, 6.07) is -0.758. The summed E-state index contributed by atoms with van der Waals surface area (Å²) in [5, 5.41) is 10.9. The molecule has 0 unspecified atom stereocenters. The number of carboxylic acids is 1. The molecule has 5 heteroatoms. The van der Waals surface area contributed by atoms with Crippen LogP contribution in [-0.2, 0) is 4.79 Å². The van der Waals surface area contributed by atoms with Crippen molar-refractivity contribution in [2.45, 2.75) is 23.6 Å². The molecule has 54 valence electrons. The Balaban J connectivity index is 0. The van der Waals surface area contributed by atoms with Gasteiger partial charge in [-0.1, -0.05) is 0 Å². The Kier molecular flexibility index (Phi) is 10.9. The number of hydrogen-bond donors (Lipinski definition) is 1. The van der Waals surface area contributed by atoms with E-state index in [0.29, 0.717) is 21.4 Å². The SMILES string of the molecule is C[Se]CC[C@H](N)C(=O)[O-].[Na+]. The molecule has 0 amide bonds. The second-order valence-corrected chi connectivity index (χ2v) is 3.77. The zero-order valence-corrected chi connectivity index (χ0v) is 10.0. The van der Waals surface area contributed by atoms with E-state index in [2.05, 4.69) is 5.82 Å².